The molecule has 4 nitrogen and oxygen atoms in total. The number of hydrazone groups is 1. The van der Waals surface area contributed by atoms with E-state index in [-0.39, 0.29) is 0 Å². The monoisotopic (exact) mass is 206 g/mol. The summed E-state index contributed by atoms with van der Waals surface area (Å²) in [7, 11) is 0. The first-order valence-corrected chi connectivity index (χ1v) is 4.75. The summed E-state index contributed by atoms with van der Waals surface area (Å²) in [5, 5.41) is 3.75. The van der Waals surface area contributed by atoms with Gasteiger partial charge >= 0.3 is 6.09 Å². The van der Waals surface area contributed by atoms with E-state index in [1.165, 1.54) is 0 Å². The van der Waals surface area contributed by atoms with E-state index in [9.17, 15) is 4.79 Å². The number of carbonyl (C=O) groups is 1. The maximum Gasteiger partial charge on any atom is 0.427 e. The minimum Gasteiger partial charge on any atom is -0.449 e. The first-order chi connectivity index (χ1) is 7.22. The van der Waals surface area contributed by atoms with Gasteiger partial charge in [-0.15, -0.1) is 0 Å². The summed E-state index contributed by atoms with van der Waals surface area (Å²) in [6, 6.07) is 7.80. The Morgan fingerprint density at radius 3 is 3.07 bits per heavy atom. The van der Waals surface area contributed by atoms with Crippen LogP contribution in [0.1, 0.15) is 18.1 Å². The highest BCUT2D eigenvalue weighted by Gasteiger charge is 1.95. The molecular formula is C11H14N2O2. The van der Waals surface area contributed by atoms with E-state index in [4.69, 9.17) is 0 Å². The van der Waals surface area contributed by atoms with Crippen molar-refractivity contribution in [2.75, 3.05) is 6.61 Å². The van der Waals surface area contributed by atoms with Gasteiger partial charge in [-0.3, -0.25) is 0 Å². The van der Waals surface area contributed by atoms with Crippen molar-refractivity contribution in [1.82, 2.24) is 5.43 Å². The van der Waals surface area contributed by atoms with Crippen LogP contribution in [-0.2, 0) is 4.74 Å². The van der Waals surface area contributed by atoms with E-state index in [0.29, 0.717) is 6.61 Å². The van der Waals surface area contributed by atoms with Gasteiger partial charge in [-0.2, -0.15) is 5.10 Å². The van der Waals surface area contributed by atoms with Crippen LogP contribution >= 0.6 is 0 Å². The lowest BCUT2D eigenvalue weighted by Crippen LogP contribution is -2.18. The van der Waals surface area contributed by atoms with Gasteiger partial charge in [0.15, 0.2) is 0 Å². The normalized spacial score (nSPS) is 10.3. The number of rotatable bonds is 3. The number of amides is 1. The molecule has 1 aromatic carbocycles. The summed E-state index contributed by atoms with van der Waals surface area (Å²) >= 11 is 0. The van der Waals surface area contributed by atoms with Gasteiger partial charge in [0, 0.05) is 0 Å². The molecule has 0 saturated carbocycles. The van der Waals surface area contributed by atoms with Crippen LogP contribution < -0.4 is 5.43 Å². The molecule has 0 aliphatic rings. The van der Waals surface area contributed by atoms with E-state index in [2.05, 4.69) is 15.3 Å². The molecule has 0 radical (unpaired) electrons. The van der Waals surface area contributed by atoms with E-state index in [1.807, 2.05) is 31.2 Å². The molecule has 0 spiro atoms. The maximum atomic E-state index is 10.9. The predicted octanol–water partition coefficient (Wildman–Crippen LogP) is 2.08. The Balaban J connectivity index is 2.48. The van der Waals surface area contributed by atoms with Crippen molar-refractivity contribution in [2.45, 2.75) is 13.8 Å². The number of carbonyl (C=O) groups excluding carboxylic acids is 1. The third-order valence-corrected chi connectivity index (χ3v) is 1.69. The summed E-state index contributed by atoms with van der Waals surface area (Å²) in [6.45, 7) is 4.08. The molecule has 0 atom stereocenters. The van der Waals surface area contributed by atoms with Crippen molar-refractivity contribution in [3.63, 3.8) is 0 Å². The average molecular weight is 206 g/mol. The highest BCUT2D eigenvalue weighted by Crippen LogP contribution is 2.00. The van der Waals surface area contributed by atoms with Crippen molar-refractivity contribution in [3.8, 4) is 0 Å². The zero-order chi connectivity index (χ0) is 11.1. The largest absolute Gasteiger partial charge is 0.449 e. The molecule has 1 amide bonds. The molecule has 0 unspecified atom stereocenters. The molecule has 1 rings (SSSR count). The van der Waals surface area contributed by atoms with E-state index in [1.54, 1.807) is 13.1 Å². The zero-order valence-corrected chi connectivity index (χ0v) is 8.86. The van der Waals surface area contributed by atoms with Gasteiger partial charge in [0.05, 0.1) is 12.8 Å². The summed E-state index contributed by atoms with van der Waals surface area (Å²) in [5.41, 5.74) is 4.34. The summed E-state index contributed by atoms with van der Waals surface area (Å²) in [4.78, 5) is 10.9. The molecule has 4 heteroatoms. The van der Waals surface area contributed by atoms with Crippen LogP contribution in [0.3, 0.4) is 0 Å². The number of nitrogens with one attached hydrogen (secondary N) is 1. The van der Waals surface area contributed by atoms with Gasteiger partial charge in [-0.05, 0) is 19.4 Å². The molecule has 80 valence electrons. The Labute approximate surface area is 88.9 Å². The van der Waals surface area contributed by atoms with Crippen molar-refractivity contribution in [1.29, 1.82) is 0 Å². The molecule has 0 aromatic heterocycles. The van der Waals surface area contributed by atoms with E-state index < -0.39 is 6.09 Å². The first kappa shape index (κ1) is 11.2. The van der Waals surface area contributed by atoms with Crippen molar-refractivity contribution in [3.05, 3.63) is 35.4 Å². The molecule has 0 heterocycles. The van der Waals surface area contributed by atoms with Crippen LogP contribution in [0.2, 0.25) is 0 Å². The number of ether oxygens (including phenoxy) is 1. The highest BCUT2D eigenvalue weighted by molar-refractivity contribution is 5.81. The Morgan fingerprint density at radius 2 is 2.40 bits per heavy atom. The molecular weight excluding hydrogens is 192 g/mol. The second-order valence-electron chi connectivity index (χ2n) is 3.00. The second-order valence-corrected chi connectivity index (χ2v) is 3.00. The highest BCUT2D eigenvalue weighted by atomic mass is 16.5. The SMILES string of the molecule is CCOC(=O)N/N=C\c1cccc(C)c1. The number of benzene rings is 1. The summed E-state index contributed by atoms with van der Waals surface area (Å²) < 4.78 is 4.64. The molecule has 0 saturated heterocycles. The lowest BCUT2D eigenvalue weighted by Gasteiger charge is -1.99. The van der Waals surface area contributed by atoms with Crippen LogP contribution in [0.5, 0.6) is 0 Å². The number of hydrogen-bond acceptors (Lipinski definition) is 3. The van der Waals surface area contributed by atoms with Gasteiger partial charge in [0.1, 0.15) is 0 Å². The number of hydrogen-bond donors (Lipinski definition) is 1. The fourth-order valence-electron chi connectivity index (χ4n) is 1.07. The lowest BCUT2D eigenvalue weighted by molar-refractivity contribution is 0.152. The summed E-state index contributed by atoms with van der Waals surface area (Å²) in [6.07, 6.45) is 1.03. The molecule has 1 aromatic rings. The third-order valence-electron chi connectivity index (χ3n) is 1.69. The topological polar surface area (TPSA) is 50.7 Å². The third kappa shape index (κ3) is 4.26. The molecule has 0 aliphatic heterocycles. The van der Waals surface area contributed by atoms with Crippen LogP contribution in [0.25, 0.3) is 0 Å². The Hall–Kier alpha value is -1.84. The van der Waals surface area contributed by atoms with Crippen LogP contribution in [0.15, 0.2) is 29.4 Å². The Bertz CT molecular complexity index is 361. The first-order valence-electron chi connectivity index (χ1n) is 4.75. The second kappa shape index (κ2) is 5.80. The maximum absolute atomic E-state index is 10.9. The minimum atomic E-state index is -0.540. The smallest absolute Gasteiger partial charge is 0.427 e. The van der Waals surface area contributed by atoms with Gasteiger partial charge in [-0.25, -0.2) is 10.2 Å². The fourth-order valence-corrected chi connectivity index (χ4v) is 1.07. The van der Waals surface area contributed by atoms with Crippen LogP contribution in [0, 0.1) is 6.92 Å². The number of aryl methyl sites for hydroxylation is 1. The van der Waals surface area contributed by atoms with Crippen molar-refractivity contribution < 1.29 is 9.53 Å². The fraction of sp³-hybridized carbons (Fsp3) is 0.273. The van der Waals surface area contributed by atoms with Gasteiger partial charge in [0.2, 0.25) is 0 Å². The molecule has 0 fully saturated rings. The van der Waals surface area contributed by atoms with E-state index in [0.717, 1.165) is 11.1 Å². The molecule has 0 bridgehead atoms. The lowest BCUT2D eigenvalue weighted by atomic mass is 10.2. The van der Waals surface area contributed by atoms with Gasteiger partial charge < -0.3 is 4.74 Å². The molecule has 0 aliphatic carbocycles. The standard InChI is InChI=1S/C11H14N2O2/c1-3-15-11(14)13-12-8-10-6-4-5-9(2)7-10/h4-8H,3H2,1-2H3,(H,13,14)/b12-8-. The Morgan fingerprint density at radius 1 is 1.60 bits per heavy atom. The number of nitrogens with zero attached hydrogens (tertiary/aromatic N) is 1. The molecule has 1 N–H and O–H groups in total. The van der Waals surface area contributed by atoms with Crippen molar-refractivity contribution >= 4 is 12.3 Å². The quantitative estimate of drug-likeness (QED) is 0.608. The van der Waals surface area contributed by atoms with Gasteiger partial charge in [-0.1, -0.05) is 29.8 Å². The average Bonchev–Trinajstić information content (AvgIpc) is 2.18. The summed E-state index contributed by atoms with van der Waals surface area (Å²) in [5.74, 6) is 0. The van der Waals surface area contributed by atoms with Crippen molar-refractivity contribution in [2.24, 2.45) is 5.10 Å². The molecule has 15 heavy (non-hydrogen) atoms. The zero-order valence-electron chi connectivity index (χ0n) is 8.86. The minimum absolute atomic E-state index is 0.339. The van der Waals surface area contributed by atoms with Crippen LogP contribution in [0.4, 0.5) is 4.79 Å². The predicted molar refractivity (Wildman–Crippen MR) is 58.9 cm³/mol. The Kier molecular flexibility index (Phi) is 4.34. The van der Waals surface area contributed by atoms with E-state index >= 15 is 0 Å². The van der Waals surface area contributed by atoms with Crippen LogP contribution in [-0.4, -0.2) is 18.9 Å². The van der Waals surface area contributed by atoms with Gasteiger partial charge in [0.25, 0.3) is 0 Å².